The molecule has 13 heavy (non-hydrogen) atoms. The molecule has 2 heterocycles. The molecule has 2 unspecified atom stereocenters. The molecule has 0 aliphatic carbocycles. The molecule has 1 aromatic heterocycles. The second-order valence-electron chi connectivity index (χ2n) is 3.86. The van der Waals surface area contributed by atoms with Crippen LogP contribution in [-0.2, 0) is 0 Å². The van der Waals surface area contributed by atoms with Crippen molar-refractivity contribution >= 4 is 0 Å². The second-order valence-corrected chi connectivity index (χ2v) is 3.86. The van der Waals surface area contributed by atoms with E-state index in [1.54, 1.807) is 0 Å². The van der Waals surface area contributed by atoms with E-state index in [1.807, 2.05) is 18.5 Å². The summed E-state index contributed by atoms with van der Waals surface area (Å²) in [4.78, 5) is 4.17. The summed E-state index contributed by atoms with van der Waals surface area (Å²) in [5, 5.41) is 3.41. The highest BCUT2D eigenvalue weighted by molar-refractivity contribution is 5.16. The maximum atomic E-state index is 4.17. The molecule has 2 atom stereocenters. The Balaban J connectivity index is 2.15. The zero-order chi connectivity index (χ0) is 9.10. The molecule has 2 rings (SSSR count). The number of hydrogen-bond donors (Lipinski definition) is 1. The Hall–Kier alpha value is -0.890. The number of rotatable bonds is 1. The predicted octanol–water partition coefficient (Wildman–Crippen LogP) is 1.79. The van der Waals surface area contributed by atoms with Crippen LogP contribution in [0.1, 0.15) is 24.8 Å². The van der Waals surface area contributed by atoms with Crippen molar-refractivity contribution in [3.8, 4) is 0 Å². The zero-order valence-corrected chi connectivity index (χ0v) is 8.03. The first-order valence-corrected chi connectivity index (χ1v) is 4.98. The number of aromatic nitrogens is 1. The van der Waals surface area contributed by atoms with Crippen LogP contribution in [0.3, 0.4) is 0 Å². The summed E-state index contributed by atoms with van der Waals surface area (Å²) in [5.41, 5.74) is 1.40. The van der Waals surface area contributed by atoms with Crippen LogP contribution in [0.15, 0.2) is 24.5 Å². The van der Waals surface area contributed by atoms with Crippen molar-refractivity contribution < 1.29 is 0 Å². The first kappa shape index (κ1) is 8.70. The van der Waals surface area contributed by atoms with E-state index in [1.165, 1.54) is 12.0 Å². The molecule has 1 aliphatic heterocycles. The SMILES string of the molecule is CC1CNCCC1c1cccnc1. The minimum absolute atomic E-state index is 0.704. The highest BCUT2D eigenvalue weighted by Crippen LogP contribution is 2.28. The van der Waals surface area contributed by atoms with Crippen molar-refractivity contribution in [3.05, 3.63) is 30.1 Å². The molecule has 2 nitrogen and oxygen atoms in total. The van der Waals surface area contributed by atoms with Gasteiger partial charge in [-0.3, -0.25) is 4.98 Å². The predicted molar refractivity (Wildman–Crippen MR) is 53.6 cm³/mol. The molecule has 1 aromatic rings. The second kappa shape index (κ2) is 3.88. The lowest BCUT2D eigenvalue weighted by Crippen LogP contribution is -2.33. The minimum atomic E-state index is 0.704. The summed E-state index contributed by atoms with van der Waals surface area (Å²) >= 11 is 0. The molecule has 0 saturated carbocycles. The van der Waals surface area contributed by atoms with Gasteiger partial charge in [0.2, 0.25) is 0 Å². The van der Waals surface area contributed by atoms with E-state index < -0.39 is 0 Å². The molecule has 70 valence electrons. The number of nitrogens with zero attached hydrogens (tertiary/aromatic N) is 1. The summed E-state index contributed by atoms with van der Waals surface area (Å²) in [6.07, 6.45) is 5.09. The van der Waals surface area contributed by atoms with Crippen LogP contribution in [0.5, 0.6) is 0 Å². The Morgan fingerprint density at radius 3 is 3.15 bits per heavy atom. The number of pyridine rings is 1. The summed E-state index contributed by atoms with van der Waals surface area (Å²) in [6, 6.07) is 4.23. The van der Waals surface area contributed by atoms with E-state index in [4.69, 9.17) is 0 Å². The Labute approximate surface area is 79.4 Å². The first-order valence-electron chi connectivity index (χ1n) is 4.98. The van der Waals surface area contributed by atoms with Gasteiger partial charge in [-0.15, -0.1) is 0 Å². The van der Waals surface area contributed by atoms with Crippen LogP contribution in [-0.4, -0.2) is 18.1 Å². The van der Waals surface area contributed by atoms with Crippen molar-refractivity contribution in [3.63, 3.8) is 0 Å². The van der Waals surface area contributed by atoms with Gasteiger partial charge in [-0.05, 0) is 43.0 Å². The molecule has 1 N–H and O–H groups in total. The van der Waals surface area contributed by atoms with Crippen LogP contribution < -0.4 is 5.32 Å². The van der Waals surface area contributed by atoms with E-state index in [0.717, 1.165) is 19.0 Å². The highest BCUT2D eigenvalue weighted by atomic mass is 14.9. The molecule has 0 bridgehead atoms. The molecular weight excluding hydrogens is 160 g/mol. The fraction of sp³-hybridized carbons (Fsp3) is 0.545. The van der Waals surface area contributed by atoms with Crippen LogP contribution in [0, 0.1) is 5.92 Å². The summed E-state index contributed by atoms with van der Waals surface area (Å²) < 4.78 is 0. The normalized spacial score (nSPS) is 28.7. The Bertz CT molecular complexity index is 258. The topological polar surface area (TPSA) is 24.9 Å². The standard InChI is InChI=1S/C11H16N2/c1-9-7-13-6-4-11(9)10-3-2-5-12-8-10/h2-3,5,8-9,11,13H,4,6-7H2,1H3. The van der Waals surface area contributed by atoms with E-state index in [0.29, 0.717) is 5.92 Å². The van der Waals surface area contributed by atoms with Gasteiger partial charge in [0.1, 0.15) is 0 Å². The number of piperidine rings is 1. The van der Waals surface area contributed by atoms with Gasteiger partial charge < -0.3 is 5.32 Å². The van der Waals surface area contributed by atoms with Gasteiger partial charge in [-0.25, -0.2) is 0 Å². The van der Waals surface area contributed by atoms with Crippen molar-refractivity contribution in [2.45, 2.75) is 19.3 Å². The van der Waals surface area contributed by atoms with Crippen molar-refractivity contribution in [1.29, 1.82) is 0 Å². The molecular formula is C11H16N2. The van der Waals surface area contributed by atoms with Crippen LogP contribution >= 0.6 is 0 Å². The molecule has 0 amide bonds. The van der Waals surface area contributed by atoms with Crippen molar-refractivity contribution in [1.82, 2.24) is 10.3 Å². The van der Waals surface area contributed by atoms with Crippen LogP contribution in [0.4, 0.5) is 0 Å². The molecule has 0 aromatic carbocycles. The maximum absolute atomic E-state index is 4.17. The molecule has 1 fully saturated rings. The van der Waals surface area contributed by atoms with Gasteiger partial charge in [0.15, 0.2) is 0 Å². The van der Waals surface area contributed by atoms with Gasteiger partial charge in [0.05, 0.1) is 0 Å². The van der Waals surface area contributed by atoms with Gasteiger partial charge in [0, 0.05) is 12.4 Å². The third-order valence-electron chi connectivity index (χ3n) is 2.90. The third kappa shape index (κ3) is 1.89. The largest absolute Gasteiger partial charge is 0.316 e. The minimum Gasteiger partial charge on any atom is -0.316 e. The lowest BCUT2D eigenvalue weighted by molar-refractivity contribution is 0.349. The van der Waals surface area contributed by atoms with Gasteiger partial charge >= 0.3 is 0 Å². The third-order valence-corrected chi connectivity index (χ3v) is 2.90. The van der Waals surface area contributed by atoms with Crippen molar-refractivity contribution in [2.75, 3.05) is 13.1 Å². The highest BCUT2D eigenvalue weighted by Gasteiger charge is 2.22. The molecule has 0 spiro atoms. The Morgan fingerprint density at radius 1 is 1.54 bits per heavy atom. The molecule has 0 radical (unpaired) electrons. The van der Waals surface area contributed by atoms with Crippen LogP contribution in [0.2, 0.25) is 0 Å². The van der Waals surface area contributed by atoms with E-state index in [-0.39, 0.29) is 0 Å². The Kier molecular flexibility index (Phi) is 2.60. The summed E-state index contributed by atoms with van der Waals surface area (Å²) in [5.74, 6) is 1.44. The molecule has 2 heteroatoms. The number of nitrogens with one attached hydrogen (secondary N) is 1. The Morgan fingerprint density at radius 2 is 2.46 bits per heavy atom. The van der Waals surface area contributed by atoms with Crippen LogP contribution in [0.25, 0.3) is 0 Å². The van der Waals surface area contributed by atoms with E-state index in [9.17, 15) is 0 Å². The lowest BCUT2D eigenvalue weighted by Gasteiger charge is -2.29. The zero-order valence-electron chi connectivity index (χ0n) is 8.03. The van der Waals surface area contributed by atoms with E-state index >= 15 is 0 Å². The van der Waals surface area contributed by atoms with Crippen molar-refractivity contribution in [2.24, 2.45) is 5.92 Å². The smallest absolute Gasteiger partial charge is 0.0302 e. The first-order chi connectivity index (χ1) is 6.38. The lowest BCUT2D eigenvalue weighted by atomic mass is 9.83. The van der Waals surface area contributed by atoms with Gasteiger partial charge in [-0.1, -0.05) is 13.0 Å². The summed E-state index contributed by atoms with van der Waals surface area (Å²) in [6.45, 7) is 4.59. The maximum Gasteiger partial charge on any atom is 0.0302 e. The van der Waals surface area contributed by atoms with E-state index in [2.05, 4.69) is 23.3 Å². The molecule has 1 aliphatic rings. The number of hydrogen-bond acceptors (Lipinski definition) is 2. The molecule has 1 saturated heterocycles. The fourth-order valence-electron chi connectivity index (χ4n) is 2.10. The fourth-order valence-corrected chi connectivity index (χ4v) is 2.10. The van der Waals surface area contributed by atoms with Gasteiger partial charge in [-0.2, -0.15) is 0 Å². The quantitative estimate of drug-likeness (QED) is 0.705. The average Bonchev–Trinajstić information content (AvgIpc) is 2.20. The monoisotopic (exact) mass is 176 g/mol. The van der Waals surface area contributed by atoms with Gasteiger partial charge in [0.25, 0.3) is 0 Å². The average molecular weight is 176 g/mol. The summed E-state index contributed by atoms with van der Waals surface area (Å²) in [7, 11) is 0.